The van der Waals surface area contributed by atoms with Gasteiger partial charge in [0.25, 0.3) is 5.91 Å². The van der Waals surface area contributed by atoms with Crippen molar-refractivity contribution in [3.63, 3.8) is 0 Å². The number of nitrogens with two attached hydrogens (primary N) is 2. The molecular formula is C26H38N8O5. The number of piperazine rings is 1. The summed E-state index contributed by atoms with van der Waals surface area (Å²) in [7, 11) is 1.76. The van der Waals surface area contributed by atoms with E-state index in [1.165, 1.54) is 0 Å². The second-order valence-electron chi connectivity index (χ2n) is 8.91. The van der Waals surface area contributed by atoms with Crippen LogP contribution in [0.15, 0.2) is 24.3 Å². The van der Waals surface area contributed by atoms with Crippen molar-refractivity contribution in [2.45, 2.75) is 39.2 Å². The second kappa shape index (κ2) is 14.0. The standard InChI is InChI=1S/C26H38N8O5/c1-4-38-20(35)8-6-7-19(25(37)39-5-2)30-24(36)17-9-11-18(12-10-17)33-13-15-34(16-14-33)21-22(27)31-26(28)32-23(21)29-3/h9-12,19H,4-8,13-16H2,1-3H3,(H,30,36)(H5,27,28,29,31,32)/t19-/m1/s1. The van der Waals surface area contributed by atoms with Crippen molar-refractivity contribution in [2.75, 3.05) is 73.0 Å². The van der Waals surface area contributed by atoms with Crippen LogP contribution < -0.4 is 31.9 Å². The lowest BCUT2D eigenvalue weighted by Gasteiger charge is -2.38. The minimum Gasteiger partial charge on any atom is -0.466 e. The van der Waals surface area contributed by atoms with Gasteiger partial charge in [-0.15, -0.1) is 0 Å². The van der Waals surface area contributed by atoms with E-state index in [1.54, 1.807) is 33.0 Å². The van der Waals surface area contributed by atoms with Gasteiger partial charge < -0.3 is 41.4 Å². The van der Waals surface area contributed by atoms with E-state index < -0.39 is 12.0 Å². The number of esters is 2. The summed E-state index contributed by atoms with van der Waals surface area (Å²) in [4.78, 5) is 49.6. The Balaban J connectivity index is 1.59. The Labute approximate surface area is 228 Å². The predicted octanol–water partition coefficient (Wildman–Crippen LogP) is 1.40. The number of anilines is 5. The number of amides is 1. The van der Waals surface area contributed by atoms with Crippen LogP contribution in [-0.4, -0.2) is 80.3 Å². The average Bonchev–Trinajstić information content (AvgIpc) is 2.92. The maximum Gasteiger partial charge on any atom is 0.328 e. The fourth-order valence-electron chi connectivity index (χ4n) is 4.41. The topological polar surface area (TPSA) is 178 Å². The van der Waals surface area contributed by atoms with Crippen LogP contribution in [0.2, 0.25) is 0 Å². The Bertz CT molecular complexity index is 1140. The van der Waals surface area contributed by atoms with E-state index in [0.29, 0.717) is 43.3 Å². The molecule has 2 aromatic rings. The van der Waals surface area contributed by atoms with Crippen LogP contribution in [0.5, 0.6) is 0 Å². The number of benzene rings is 1. The third-order valence-electron chi connectivity index (χ3n) is 6.31. The summed E-state index contributed by atoms with van der Waals surface area (Å²) in [5.74, 6) is -0.218. The highest BCUT2D eigenvalue weighted by atomic mass is 16.5. The van der Waals surface area contributed by atoms with Crippen LogP contribution in [0, 0.1) is 0 Å². The van der Waals surface area contributed by atoms with Crippen molar-refractivity contribution in [3.05, 3.63) is 29.8 Å². The Morgan fingerprint density at radius 3 is 2.23 bits per heavy atom. The molecule has 0 spiro atoms. The molecule has 6 N–H and O–H groups in total. The summed E-state index contributed by atoms with van der Waals surface area (Å²) >= 11 is 0. The Morgan fingerprint density at radius 2 is 1.62 bits per heavy atom. The SMILES string of the molecule is CCOC(=O)CCC[C@@H](NC(=O)c1ccc(N2CCN(c3c(N)nc(N)nc3NC)CC2)cc1)C(=O)OCC. The molecule has 2 heterocycles. The molecule has 1 saturated heterocycles. The summed E-state index contributed by atoms with van der Waals surface area (Å²) in [5.41, 5.74) is 14.0. The van der Waals surface area contributed by atoms with Gasteiger partial charge in [-0.2, -0.15) is 9.97 Å². The van der Waals surface area contributed by atoms with Gasteiger partial charge in [-0.25, -0.2) is 4.79 Å². The number of hydrogen-bond donors (Lipinski definition) is 4. The van der Waals surface area contributed by atoms with Gasteiger partial charge in [0.1, 0.15) is 11.7 Å². The number of nitrogens with zero attached hydrogens (tertiary/aromatic N) is 4. The molecule has 0 aliphatic carbocycles. The van der Waals surface area contributed by atoms with Gasteiger partial charge in [-0.3, -0.25) is 9.59 Å². The van der Waals surface area contributed by atoms with Crippen molar-refractivity contribution < 1.29 is 23.9 Å². The van der Waals surface area contributed by atoms with Crippen LogP contribution >= 0.6 is 0 Å². The van der Waals surface area contributed by atoms with Gasteiger partial charge in [0.05, 0.1) is 13.2 Å². The normalized spacial score (nSPS) is 13.9. The number of carbonyl (C=O) groups excluding carboxylic acids is 3. The monoisotopic (exact) mass is 542 g/mol. The zero-order valence-corrected chi connectivity index (χ0v) is 22.7. The lowest BCUT2D eigenvalue weighted by molar-refractivity contribution is -0.147. The highest BCUT2D eigenvalue weighted by Crippen LogP contribution is 2.31. The zero-order chi connectivity index (χ0) is 28.4. The number of nitrogens with one attached hydrogen (secondary N) is 2. The van der Waals surface area contributed by atoms with E-state index in [4.69, 9.17) is 20.9 Å². The molecule has 1 aromatic heterocycles. The van der Waals surface area contributed by atoms with Crippen LogP contribution in [0.3, 0.4) is 0 Å². The maximum atomic E-state index is 12.9. The van der Waals surface area contributed by atoms with Crippen LogP contribution in [-0.2, 0) is 19.1 Å². The third kappa shape index (κ3) is 7.85. The van der Waals surface area contributed by atoms with Gasteiger partial charge in [0.2, 0.25) is 5.95 Å². The fourth-order valence-corrected chi connectivity index (χ4v) is 4.41. The third-order valence-corrected chi connectivity index (χ3v) is 6.31. The summed E-state index contributed by atoms with van der Waals surface area (Å²) < 4.78 is 10.0. The number of rotatable bonds is 12. The Kier molecular flexibility index (Phi) is 10.5. The molecule has 1 aliphatic heterocycles. The molecule has 212 valence electrons. The highest BCUT2D eigenvalue weighted by Gasteiger charge is 2.25. The first-order valence-corrected chi connectivity index (χ1v) is 13.1. The van der Waals surface area contributed by atoms with E-state index >= 15 is 0 Å². The molecule has 39 heavy (non-hydrogen) atoms. The molecule has 13 nitrogen and oxygen atoms in total. The fraction of sp³-hybridized carbons (Fsp3) is 0.500. The average molecular weight is 543 g/mol. The summed E-state index contributed by atoms with van der Waals surface area (Å²) in [6, 6.07) is 6.35. The molecule has 1 aromatic carbocycles. The molecule has 0 saturated carbocycles. The lowest BCUT2D eigenvalue weighted by Crippen LogP contribution is -2.47. The largest absolute Gasteiger partial charge is 0.466 e. The van der Waals surface area contributed by atoms with Gasteiger partial charge in [0.15, 0.2) is 11.6 Å². The Morgan fingerprint density at radius 1 is 0.974 bits per heavy atom. The van der Waals surface area contributed by atoms with E-state index in [-0.39, 0.29) is 37.3 Å². The molecule has 1 fully saturated rings. The predicted molar refractivity (Wildman–Crippen MR) is 150 cm³/mol. The number of hydrogen-bond acceptors (Lipinski definition) is 12. The first-order chi connectivity index (χ1) is 18.8. The molecule has 1 amide bonds. The summed E-state index contributed by atoms with van der Waals surface area (Å²) in [5, 5.41) is 5.77. The van der Waals surface area contributed by atoms with Crippen LogP contribution in [0.4, 0.5) is 29.0 Å². The quantitative estimate of drug-likeness (QED) is 0.284. The van der Waals surface area contributed by atoms with Crippen LogP contribution in [0.1, 0.15) is 43.5 Å². The zero-order valence-electron chi connectivity index (χ0n) is 22.7. The van der Waals surface area contributed by atoms with Gasteiger partial charge in [-0.1, -0.05) is 0 Å². The summed E-state index contributed by atoms with van der Waals surface area (Å²) in [6.07, 6.45) is 0.817. The molecule has 0 radical (unpaired) electrons. The van der Waals surface area contributed by atoms with Gasteiger partial charge >= 0.3 is 11.9 Å². The first-order valence-electron chi connectivity index (χ1n) is 13.1. The molecule has 13 heteroatoms. The number of nitrogen functional groups attached to an aromatic ring is 2. The maximum absolute atomic E-state index is 12.9. The van der Waals surface area contributed by atoms with E-state index in [2.05, 4.69) is 30.4 Å². The first kappa shape index (κ1) is 29.3. The molecular weight excluding hydrogens is 504 g/mol. The minimum atomic E-state index is -0.855. The molecule has 0 bridgehead atoms. The van der Waals surface area contributed by atoms with E-state index in [1.807, 2.05) is 12.1 Å². The Hall–Kier alpha value is -4.29. The minimum absolute atomic E-state index is 0.119. The number of ether oxygens (including phenoxy) is 2. The van der Waals surface area contributed by atoms with Crippen molar-refractivity contribution in [3.8, 4) is 0 Å². The van der Waals surface area contributed by atoms with Crippen molar-refractivity contribution >= 4 is 46.8 Å². The highest BCUT2D eigenvalue weighted by molar-refractivity contribution is 5.97. The number of aromatic nitrogens is 2. The summed E-state index contributed by atoms with van der Waals surface area (Å²) in [6.45, 7) is 6.77. The molecule has 3 rings (SSSR count). The molecule has 1 aliphatic rings. The van der Waals surface area contributed by atoms with E-state index in [0.717, 1.165) is 24.5 Å². The number of carbonyl (C=O) groups is 3. The van der Waals surface area contributed by atoms with Gasteiger partial charge in [0, 0.05) is 50.9 Å². The van der Waals surface area contributed by atoms with Gasteiger partial charge in [-0.05, 0) is 51.0 Å². The van der Waals surface area contributed by atoms with Crippen LogP contribution in [0.25, 0.3) is 0 Å². The van der Waals surface area contributed by atoms with E-state index in [9.17, 15) is 14.4 Å². The molecule has 1 atom stereocenters. The molecule has 0 unspecified atom stereocenters. The van der Waals surface area contributed by atoms with Crippen molar-refractivity contribution in [2.24, 2.45) is 0 Å². The van der Waals surface area contributed by atoms with Crippen molar-refractivity contribution in [1.82, 2.24) is 15.3 Å². The van der Waals surface area contributed by atoms with Crippen molar-refractivity contribution in [1.29, 1.82) is 0 Å². The second-order valence-corrected chi connectivity index (χ2v) is 8.91. The lowest BCUT2D eigenvalue weighted by atomic mass is 10.1. The smallest absolute Gasteiger partial charge is 0.328 e.